The first-order valence-corrected chi connectivity index (χ1v) is 10.9. The number of hydrogen-bond acceptors (Lipinski definition) is 3. The Morgan fingerprint density at radius 3 is 2.77 bits per heavy atom. The lowest BCUT2D eigenvalue weighted by molar-refractivity contribution is -0.0265. The van der Waals surface area contributed by atoms with E-state index in [-0.39, 0.29) is 6.10 Å². The van der Waals surface area contributed by atoms with E-state index in [9.17, 15) is 0 Å². The average Bonchev–Trinajstić information content (AvgIpc) is 3.35. The highest BCUT2D eigenvalue weighted by Gasteiger charge is 2.27. The Balaban J connectivity index is 1.37. The molecule has 1 aliphatic heterocycles. The number of guanidine groups is 1. The average molecular weight is 418 g/mol. The second-order valence-corrected chi connectivity index (χ2v) is 8.01. The molecule has 2 atom stereocenters. The van der Waals surface area contributed by atoms with Gasteiger partial charge in [-0.3, -0.25) is 4.99 Å². The highest BCUT2D eigenvalue weighted by molar-refractivity contribution is 5.79. The molecule has 0 amide bonds. The van der Waals surface area contributed by atoms with Gasteiger partial charge in [-0.15, -0.1) is 0 Å². The van der Waals surface area contributed by atoms with E-state index in [2.05, 4.69) is 70.0 Å². The number of nitrogens with one attached hydrogen (secondary N) is 2. The zero-order chi connectivity index (χ0) is 21.5. The van der Waals surface area contributed by atoms with Gasteiger partial charge in [0.05, 0.1) is 18.1 Å². The van der Waals surface area contributed by atoms with Gasteiger partial charge >= 0.3 is 0 Å². The Morgan fingerprint density at radius 2 is 2.00 bits per heavy atom. The van der Waals surface area contributed by atoms with Gasteiger partial charge in [-0.25, -0.2) is 4.98 Å². The second kappa shape index (κ2) is 10.3. The maximum absolute atomic E-state index is 6.16. The maximum Gasteiger partial charge on any atom is 0.191 e. The lowest BCUT2D eigenvalue weighted by Gasteiger charge is -2.32. The van der Waals surface area contributed by atoms with Crippen LogP contribution in [0.3, 0.4) is 0 Å². The van der Waals surface area contributed by atoms with Crippen LogP contribution in [0.4, 0.5) is 0 Å². The smallest absolute Gasteiger partial charge is 0.191 e. The van der Waals surface area contributed by atoms with Crippen molar-refractivity contribution < 1.29 is 4.74 Å². The summed E-state index contributed by atoms with van der Waals surface area (Å²) in [4.78, 5) is 8.59. The van der Waals surface area contributed by atoms with Gasteiger partial charge in [-0.05, 0) is 37.0 Å². The van der Waals surface area contributed by atoms with Crippen molar-refractivity contribution in [1.29, 1.82) is 0 Å². The van der Waals surface area contributed by atoms with E-state index in [1.54, 1.807) is 6.20 Å². The van der Waals surface area contributed by atoms with Gasteiger partial charge in [-0.1, -0.05) is 48.0 Å². The minimum Gasteiger partial charge on any atom is -0.373 e. The first kappa shape index (κ1) is 21.1. The molecule has 1 aromatic heterocycles. The molecule has 2 heterocycles. The van der Waals surface area contributed by atoms with Gasteiger partial charge in [0.15, 0.2) is 5.96 Å². The Bertz CT molecular complexity index is 981. The van der Waals surface area contributed by atoms with Crippen LogP contribution in [0.1, 0.15) is 35.6 Å². The number of aryl methyl sites for hydroxylation is 1. The van der Waals surface area contributed by atoms with Crippen molar-refractivity contribution in [2.75, 3.05) is 20.2 Å². The number of ether oxygens (including phenoxy) is 1. The Morgan fingerprint density at radius 1 is 1.16 bits per heavy atom. The number of para-hydroxylation sites is 1. The summed E-state index contributed by atoms with van der Waals surface area (Å²) in [5.74, 6) is 1.21. The summed E-state index contributed by atoms with van der Waals surface area (Å²) in [5, 5.41) is 6.97. The summed E-state index contributed by atoms with van der Waals surface area (Å²) < 4.78 is 8.19. The van der Waals surface area contributed by atoms with Gasteiger partial charge in [-0.2, -0.15) is 0 Å². The summed E-state index contributed by atoms with van der Waals surface area (Å²) in [6.45, 7) is 4.44. The van der Waals surface area contributed by atoms with Crippen LogP contribution in [0, 0.1) is 12.8 Å². The first-order valence-electron chi connectivity index (χ1n) is 10.9. The fraction of sp³-hybridized carbons (Fsp3) is 0.360. The lowest BCUT2D eigenvalue weighted by Crippen LogP contribution is -2.41. The number of aromatic nitrogens is 2. The predicted octanol–water partition coefficient (Wildman–Crippen LogP) is 4.01. The van der Waals surface area contributed by atoms with E-state index in [0.29, 0.717) is 12.5 Å². The minimum atomic E-state index is 0.127. The number of hydrogen-bond donors (Lipinski definition) is 2. The van der Waals surface area contributed by atoms with Crippen molar-refractivity contribution in [3.8, 4) is 5.69 Å². The molecule has 6 heteroatoms. The molecule has 2 unspecified atom stereocenters. The fourth-order valence-corrected chi connectivity index (χ4v) is 4.12. The molecule has 0 saturated carbocycles. The van der Waals surface area contributed by atoms with Gasteiger partial charge in [0.1, 0.15) is 0 Å². The molecule has 1 saturated heterocycles. The van der Waals surface area contributed by atoms with Gasteiger partial charge < -0.3 is 19.9 Å². The van der Waals surface area contributed by atoms with Crippen LogP contribution >= 0.6 is 0 Å². The molecule has 3 aromatic rings. The molecule has 0 radical (unpaired) electrons. The molecule has 2 aromatic carbocycles. The van der Waals surface area contributed by atoms with Crippen LogP contribution in [0.2, 0.25) is 0 Å². The molecular formula is C25H31N5O. The molecule has 6 nitrogen and oxygen atoms in total. The Hall–Kier alpha value is -3.12. The monoisotopic (exact) mass is 417 g/mol. The van der Waals surface area contributed by atoms with Crippen LogP contribution in [-0.2, 0) is 11.3 Å². The maximum atomic E-state index is 6.16. The molecule has 162 valence electrons. The van der Waals surface area contributed by atoms with Crippen LogP contribution in [0.5, 0.6) is 0 Å². The van der Waals surface area contributed by atoms with Crippen LogP contribution < -0.4 is 10.6 Å². The molecule has 1 fully saturated rings. The van der Waals surface area contributed by atoms with E-state index < -0.39 is 0 Å². The lowest BCUT2D eigenvalue weighted by atomic mass is 9.89. The van der Waals surface area contributed by atoms with Crippen molar-refractivity contribution in [1.82, 2.24) is 20.2 Å². The van der Waals surface area contributed by atoms with E-state index in [0.717, 1.165) is 37.6 Å². The molecule has 0 aliphatic carbocycles. The minimum absolute atomic E-state index is 0.127. The number of imidazole rings is 1. The van der Waals surface area contributed by atoms with Gasteiger partial charge in [0.25, 0.3) is 0 Å². The molecule has 0 spiro atoms. The number of benzene rings is 2. The van der Waals surface area contributed by atoms with Crippen molar-refractivity contribution >= 4 is 5.96 Å². The topological polar surface area (TPSA) is 63.5 Å². The number of rotatable bonds is 6. The van der Waals surface area contributed by atoms with Crippen molar-refractivity contribution in [3.05, 3.63) is 83.9 Å². The third-order valence-electron chi connectivity index (χ3n) is 5.83. The van der Waals surface area contributed by atoms with Crippen LogP contribution in [0.15, 0.2) is 72.2 Å². The molecule has 1 aliphatic rings. The van der Waals surface area contributed by atoms with Crippen LogP contribution in [0.25, 0.3) is 5.69 Å². The first-order chi connectivity index (χ1) is 15.2. The normalized spacial score (nSPS) is 19.2. The zero-order valence-electron chi connectivity index (χ0n) is 18.3. The largest absolute Gasteiger partial charge is 0.373 e. The van der Waals surface area contributed by atoms with Gasteiger partial charge in [0, 0.05) is 45.1 Å². The molecule has 2 N–H and O–H groups in total. The van der Waals surface area contributed by atoms with Crippen molar-refractivity contribution in [3.63, 3.8) is 0 Å². The van der Waals surface area contributed by atoms with E-state index in [1.807, 2.05) is 30.2 Å². The van der Waals surface area contributed by atoms with Crippen molar-refractivity contribution in [2.24, 2.45) is 10.9 Å². The summed E-state index contributed by atoms with van der Waals surface area (Å²) >= 11 is 0. The third kappa shape index (κ3) is 5.33. The summed E-state index contributed by atoms with van der Waals surface area (Å²) in [6.07, 6.45) is 7.94. The second-order valence-electron chi connectivity index (χ2n) is 8.01. The highest BCUT2D eigenvalue weighted by atomic mass is 16.5. The quantitative estimate of drug-likeness (QED) is 0.470. The van der Waals surface area contributed by atoms with E-state index in [1.165, 1.54) is 16.7 Å². The highest BCUT2D eigenvalue weighted by Crippen LogP contribution is 2.33. The molecule has 4 rings (SSSR count). The summed E-state index contributed by atoms with van der Waals surface area (Å²) in [7, 11) is 1.81. The van der Waals surface area contributed by atoms with E-state index in [4.69, 9.17) is 4.74 Å². The summed E-state index contributed by atoms with van der Waals surface area (Å²) in [5.41, 5.74) is 4.83. The molecule has 31 heavy (non-hydrogen) atoms. The predicted molar refractivity (Wildman–Crippen MR) is 124 cm³/mol. The van der Waals surface area contributed by atoms with Crippen molar-refractivity contribution in [2.45, 2.75) is 32.4 Å². The van der Waals surface area contributed by atoms with E-state index >= 15 is 0 Å². The SMILES string of the molecule is CN=C(NCc1ccccc1-n1ccnc1)NCC1CCCOC1c1ccc(C)cc1. The standard InChI is InChI=1S/C25H31N5O/c1-19-9-11-20(12-10-19)24-22(7-5-15-31-24)17-29-25(26-2)28-16-21-6-3-4-8-23(21)30-14-13-27-18-30/h3-4,6,8-14,18,22,24H,5,7,15-17H2,1-2H3,(H2,26,28,29). The third-order valence-corrected chi connectivity index (χ3v) is 5.83. The molecule has 0 bridgehead atoms. The Kier molecular flexibility index (Phi) is 6.99. The molecular weight excluding hydrogens is 386 g/mol. The van der Waals surface area contributed by atoms with Crippen LogP contribution in [-0.4, -0.2) is 35.7 Å². The fourth-order valence-electron chi connectivity index (χ4n) is 4.12. The van der Waals surface area contributed by atoms with Gasteiger partial charge in [0.2, 0.25) is 0 Å². The zero-order valence-corrected chi connectivity index (χ0v) is 18.3. The number of nitrogens with zero attached hydrogens (tertiary/aromatic N) is 3. The Labute approximate surface area is 184 Å². The number of aliphatic imine (C=N–C) groups is 1. The summed E-state index contributed by atoms with van der Waals surface area (Å²) in [6, 6.07) is 17.0.